The van der Waals surface area contributed by atoms with Crippen molar-refractivity contribution in [3.63, 3.8) is 0 Å². The molecule has 98 valence electrons. The van der Waals surface area contributed by atoms with Crippen LogP contribution in [0.15, 0.2) is 42.5 Å². The topological polar surface area (TPSA) is 20.3 Å². The minimum Gasteiger partial charge on any atom is -0.338 e. The fourth-order valence-electron chi connectivity index (χ4n) is 2.65. The highest BCUT2D eigenvalue weighted by Crippen LogP contribution is 2.22. The average Bonchev–Trinajstić information content (AvgIpc) is 2.95. The quantitative estimate of drug-likeness (QED) is 0.767. The molecule has 0 radical (unpaired) electrons. The van der Waals surface area contributed by atoms with Gasteiger partial charge in [-0.3, -0.25) is 4.79 Å². The van der Waals surface area contributed by atoms with Crippen LogP contribution >= 0.6 is 11.6 Å². The van der Waals surface area contributed by atoms with E-state index < -0.39 is 0 Å². The first-order valence-electron chi connectivity index (χ1n) is 6.62. The molecule has 1 heterocycles. The SMILES string of the molecule is O=C(c1ccc2ccccc2c1)N1CCC(CCl)C1. The third kappa shape index (κ3) is 2.45. The van der Waals surface area contributed by atoms with E-state index in [9.17, 15) is 4.79 Å². The van der Waals surface area contributed by atoms with Crippen LogP contribution in [0.4, 0.5) is 0 Å². The number of carbonyl (C=O) groups is 1. The molecule has 0 N–H and O–H groups in total. The Morgan fingerprint density at radius 2 is 2.00 bits per heavy atom. The summed E-state index contributed by atoms with van der Waals surface area (Å²) in [5, 5.41) is 2.28. The Hall–Kier alpha value is -1.54. The van der Waals surface area contributed by atoms with Gasteiger partial charge in [-0.1, -0.05) is 30.3 Å². The van der Waals surface area contributed by atoms with E-state index in [0.717, 1.165) is 30.5 Å². The zero-order valence-electron chi connectivity index (χ0n) is 10.7. The maximum absolute atomic E-state index is 12.4. The van der Waals surface area contributed by atoms with Crippen LogP contribution in [0.2, 0.25) is 0 Å². The van der Waals surface area contributed by atoms with Gasteiger partial charge in [-0.25, -0.2) is 0 Å². The molecule has 1 unspecified atom stereocenters. The number of rotatable bonds is 2. The third-order valence-electron chi connectivity index (χ3n) is 3.79. The fourth-order valence-corrected chi connectivity index (χ4v) is 2.90. The molecule has 1 aliphatic rings. The van der Waals surface area contributed by atoms with Crippen molar-refractivity contribution in [2.24, 2.45) is 5.92 Å². The fraction of sp³-hybridized carbons (Fsp3) is 0.312. The minimum atomic E-state index is 0.123. The summed E-state index contributed by atoms with van der Waals surface area (Å²) in [6.07, 6.45) is 1.02. The number of hydrogen-bond acceptors (Lipinski definition) is 1. The monoisotopic (exact) mass is 273 g/mol. The number of carbonyl (C=O) groups excluding carboxylic acids is 1. The summed E-state index contributed by atoms with van der Waals surface area (Å²) in [5.41, 5.74) is 0.772. The van der Waals surface area contributed by atoms with E-state index in [0.29, 0.717) is 11.8 Å². The van der Waals surface area contributed by atoms with Crippen molar-refractivity contribution in [1.29, 1.82) is 0 Å². The van der Waals surface area contributed by atoms with Crippen LogP contribution in [-0.2, 0) is 0 Å². The highest BCUT2D eigenvalue weighted by molar-refractivity contribution is 6.18. The zero-order chi connectivity index (χ0) is 13.2. The van der Waals surface area contributed by atoms with Crippen molar-refractivity contribution < 1.29 is 4.79 Å². The molecule has 1 aliphatic heterocycles. The predicted octanol–water partition coefficient (Wildman–Crippen LogP) is 3.54. The molecule has 3 rings (SSSR count). The number of amides is 1. The molecular weight excluding hydrogens is 258 g/mol. The van der Waals surface area contributed by atoms with Gasteiger partial charge >= 0.3 is 0 Å². The minimum absolute atomic E-state index is 0.123. The van der Waals surface area contributed by atoms with Gasteiger partial charge in [0.05, 0.1) is 0 Å². The first-order chi connectivity index (χ1) is 9.28. The number of alkyl halides is 1. The molecule has 2 nitrogen and oxygen atoms in total. The Morgan fingerprint density at radius 3 is 2.74 bits per heavy atom. The van der Waals surface area contributed by atoms with Crippen molar-refractivity contribution in [1.82, 2.24) is 4.90 Å². The molecule has 19 heavy (non-hydrogen) atoms. The lowest BCUT2D eigenvalue weighted by molar-refractivity contribution is 0.0788. The number of nitrogens with zero attached hydrogens (tertiary/aromatic N) is 1. The van der Waals surface area contributed by atoms with Crippen LogP contribution < -0.4 is 0 Å². The number of likely N-dealkylation sites (tertiary alicyclic amines) is 1. The van der Waals surface area contributed by atoms with Crippen molar-refractivity contribution in [2.45, 2.75) is 6.42 Å². The van der Waals surface area contributed by atoms with E-state index in [1.54, 1.807) is 0 Å². The predicted molar refractivity (Wildman–Crippen MR) is 78.7 cm³/mol. The van der Waals surface area contributed by atoms with Gasteiger partial charge in [0.1, 0.15) is 0 Å². The van der Waals surface area contributed by atoms with Gasteiger partial charge in [0.25, 0.3) is 5.91 Å². The Kier molecular flexibility index (Phi) is 3.43. The van der Waals surface area contributed by atoms with Gasteiger partial charge in [-0.15, -0.1) is 11.6 Å². The maximum Gasteiger partial charge on any atom is 0.253 e. The van der Waals surface area contributed by atoms with Crippen LogP contribution in [0.1, 0.15) is 16.8 Å². The second-order valence-corrected chi connectivity index (χ2v) is 5.43. The molecule has 2 aromatic rings. The molecule has 1 fully saturated rings. The first kappa shape index (κ1) is 12.5. The highest BCUT2D eigenvalue weighted by atomic mass is 35.5. The largest absolute Gasteiger partial charge is 0.338 e. The van der Waals surface area contributed by atoms with Crippen LogP contribution in [0.5, 0.6) is 0 Å². The van der Waals surface area contributed by atoms with E-state index in [4.69, 9.17) is 11.6 Å². The summed E-state index contributed by atoms with van der Waals surface area (Å²) in [6, 6.07) is 14.0. The Labute approximate surface area is 118 Å². The molecule has 1 atom stereocenters. The molecule has 2 aromatic carbocycles. The van der Waals surface area contributed by atoms with Crippen molar-refractivity contribution >= 4 is 28.3 Å². The molecule has 0 spiro atoms. The third-order valence-corrected chi connectivity index (χ3v) is 4.22. The standard InChI is InChI=1S/C16H16ClNO/c17-10-12-7-8-18(11-12)16(19)15-6-5-13-3-1-2-4-14(13)9-15/h1-6,9,12H,7-8,10-11H2. The summed E-state index contributed by atoms with van der Waals surface area (Å²) in [6.45, 7) is 1.61. The second-order valence-electron chi connectivity index (χ2n) is 5.12. The molecular formula is C16H16ClNO. The van der Waals surface area contributed by atoms with Crippen LogP contribution in [0, 0.1) is 5.92 Å². The maximum atomic E-state index is 12.4. The first-order valence-corrected chi connectivity index (χ1v) is 7.15. The number of benzene rings is 2. The molecule has 3 heteroatoms. The van der Waals surface area contributed by atoms with Gasteiger partial charge in [0, 0.05) is 24.5 Å². The van der Waals surface area contributed by atoms with Crippen LogP contribution in [0.25, 0.3) is 10.8 Å². The average molecular weight is 274 g/mol. The molecule has 1 saturated heterocycles. The normalized spacial score (nSPS) is 19.0. The zero-order valence-corrected chi connectivity index (χ0v) is 11.4. The Morgan fingerprint density at radius 1 is 1.21 bits per heavy atom. The lowest BCUT2D eigenvalue weighted by Gasteiger charge is -2.16. The van der Waals surface area contributed by atoms with E-state index in [-0.39, 0.29) is 5.91 Å². The van der Waals surface area contributed by atoms with Gasteiger partial charge in [0.15, 0.2) is 0 Å². The Bertz CT molecular complexity index is 610. The van der Waals surface area contributed by atoms with Gasteiger partial charge in [-0.05, 0) is 35.2 Å². The van der Waals surface area contributed by atoms with Crippen molar-refractivity contribution in [3.05, 3.63) is 48.0 Å². The van der Waals surface area contributed by atoms with Gasteiger partial charge in [0.2, 0.25) is 0 Å². The Balaban J connectivity index is 1.85. The van der Waals surface area contributed by atoms with E-state index in [1.165, 1.54) is 5.39 Å². The van der Waals surface area contributed by atoms with E-state index >= 15 is 0 Å². The smallest absolute Gasteiger partial charge is 0.253 e. The van der Waals surface area contributed by atoms with Gasteiger partial charge < -0.3 is 4.90 Å². The highest BCUT2D eigenvalue weighted by Gasteiger charge is 2.26. The van der Waals surface area contributed by atoms with E-state index in [1.807, 2.05) is 41.3 Å². The van der Waals surface area contributed by atoms with Crippen molar-refractivity contribution in [3.8, 4) is 0 Å². The molecule has 0 aromatic heterocycles. The van der Waals surface area contributed by atoms with Crippen LogP contribution in [-0.4, -0.2) is 29.8 Å². The van der Waals surface area contributed by atoms with Crippen molar-refractivity contribution in [2.75, 3.05) is 19.0 Å². The number of hydrogen-bond donors (Lipinski definition) is 0. The summed E-state index contributed by atoms with van der Waals surface area (Å²) in [5.74, 6) is 1.21. The second kappa shape index (κ2) is 5.22. The molecule has 0 saturated carbocycles. The molecule has 1 amide bonds. The summed E-state index contributed by atoms with van der Waals surface area (Å²) < 4.78 is 0. The number of halogens is 1. The summed E-state index contributed by atoms with van der Waals surface area (Å²) in [7, 11) is 0. The summed E-state index contributed by atoms with van der Waals surface area (Å²) in [4.78, 5) is 14.3. The summed E-state index contributed by atoms with van der Waals surface area (Å²) >= 11 is 5.86. The van der Waals surface area contributed by atoms with Gasteiger partial charge in [-0.2, -0.15) is 0 Å². The number of fused-ring (bicyclic) bond motifs is 1. The van der Waals surface area contributed by atoms with E-state index in [2.05, 4.69) is 6.07 Å². The lowest BCUT2D eigenvalue weighted by Crippen LogP contribution is -2.28. The lowest BCUT2D eigenvalue weighted by atomic mass is 10.1. The van der Waals surface area contributed by atoms with Crippen LogP contribution in [0.3, 0.4) is 0 Å². The molecule has 0 aliphatic carbocycles. The molecule has 0 bridgehead atoms.